The molecule has 0 radical (unpaired) electrons. The summed E-state index contributed by atoms with van der Waals surface area (Å²) in [5, 5.41) is 9.19. The van der Waals surface area contributed by atoms with Crippen LogP contribution in [0.15, 0.2) is 36.4 Å². The number of carbonyl (C=O) groups is 2. The molecule has 3 aromatic rings. The van der Waals surface area contributed by atoms with Crippen LogP contribution < -0.4 is 19.3 Å². The van der Waals surface area contributed by atoms with E-state index in [-0.39, 0.29) is 31.1 Å². The maximum atomic E-state index is 14.0. The molecular formula is C30H29F3N4O5. The van der Waals surface area contributed by atoms with Gasteiger partial charge in [-0.25, -0.2) is 9.97 Å². The van der Waals surface area contributed by atoms with Crippen LogP contribution in [-0.4, -0.2) is 59.4 Å². The molecule has 0 spiro atoms. The Bertz CT molecular complexity index is 1550. The highest BCUT2D eigenvalue weighted by atomic mass is 19.4. The lowest BCUT2D eigenvalue weighted by atomic mass is 9.96. The van der Waals surface area contributed by atoms with Crippen molar-refractivity contribution in [2.45, 2.75) is 51.2 Å². The van der Waals surface area contributed by atoms with Gasteiger partial charge in [-0.15, -0.1) is 0 Å². The SMILES string of the molecule is Cc1nc(N2CCCC2)nc(C)c1-c1cccc2c1OC[C@H]2N(C(=O)C(F)(F)F)c1ccc2c(c1)OC[C@H]2CC(=O)O. The van der Waals surface area contributed by atoms with E-state index >= 15 is 0 Å². The molecule has 2 aromatic carbocycles. The number of para-hydroxylation sites is 1. The number of amides is 1. The van der Waals surface area contributed by atoms with Crippen LogP contribution in [0, 0.1) is 13.8 Å². The molecule has 1 saturated heterocycles. The van der Waals surface area contributed by atoms with Crippen molar-refractivity contribution in [3.63, 3.8) is 0 Å². The van der Waals surface area contributed by atoms with E-state index in [1.165, 1.54) is 18.2 Å². The normalized spacial score (nSPS) is 19.2. The van der Waals surface area contributed by atoms with Crippen molar-refractivity contribution in [2.24, 2.45) is 0 Å². The second kappa shape index (κ2) is 10.5. The maximum Gasteiger partial charge on any atom is 0.471 e. The molecule has 0 saturated carbocycles. The van der Waals surface area contributed by atoms with E-state index in [9.17, 15) is 27.9 Å². The predicted octanol–water partition coefficient (Wildman–Crippen LogP) is 5.34. The van der Waals surface area contributed by atoms with E-state index < -0.39 is 30.0 Å². The van der Waals surface area contributed by atoms with Gasteiger partial charge in [0.05, 0.1) is 30.5 Å². The van der Waals surface area contributed by atoms with Crippen LogP contribution in [0.25, 0.3) is 11.1 Å². The van der Waals surface area contributed by atoms with Crippen LogP contribution in [0.4, 0.5) is 24.8 Å². The quantitative estimate of drug-likeness (QED) is 0.415. The smallest absolute Gasteiger partial charge is 0.471 e. The van der Waals surface area contributed by atoms with E-state index in [4.69, 9.17) is 19.4 Å². The summed E-state index contributed by atoms with van der Waals surface area (Å²) in [7, 11) is 0. The highest BCUT2D eigenvalue weighted by Crippen LogP contribution is 2.47. The number of carboxylic acids is 1. The summed E-state index contributed by atoms with van der Waals surface area (Å²) >= 11 is 0. The number of anilines is 2. The van der Waals surface area contributed by atoms with Gasteiger partial charge in [-0.3, -0.25) is 14.5 Å². The number of benzene rings is 2. The first-order valence-electron chi connectivity index (χ1n) is 13.8. The molecule has 9 nitrogen and oxygen atoms in total. The third kappa shape index (κ3) is 4.88. The topological polar surface area (TPSA) is 105 Å². The standard InChI is InChI=1S/C30H29F3N4O5/c1-16-26(17(2)35-29(34-16)36-10-3-4-11-36)22-7-5-6-21-23(15-42-27(21)22)37(28(40)30(31,32)33)19-8-9-20-18(12-25(38)39)14-41-24(20)13-19/h5-9,13,18,23H,3-4,10-12,14-15H2,1-2H3,(H,38,39)/t18-,23-/m1/s1. The van der Waals surface area contributed by atoms with Crippen LogP contribution in [0.3, 0.4) is 0 Å². The summed E-state index contributed by atoms with van der Waals surface area (Å²) in [6, 6.07) is 8.41. The highest BCUT2D eigenvalue weighted by Gasteiger charge is 2.48. The van der Waals surface area contributed by atoms with Crippen molar-refractivity contribution in [3.05, 3.63) is 58.9 Å². The fourth-order valence-electron chi connectivity index (χ4n) is 6.16. The summed E-state index contributed by atoms with van der Waals surface area (Å²) < 4.78 is 53.5. The zero-order valence-electron chi connectivity index (χ0n) is 23.1. The number of nitrogens with zero attached hydrogens (tertiary/aromatic N) is 4. The van der Waals surface area contributed by atoms with E-state index in [1.807, 2.05) is 19.9 Å². The van der Waals surface area contributed by atoms with Crippen LogP contribution >= 0.6 is 0 Å². The molecular weight excluding hydrogens is 553 g/mol. The number of carbonyl (C=O) groups excluding carboxylic acids is 1. The minimum absolute atomic E-state index is 0.0236. The Balaban J connectivity index is 1.39. The summed E-state index contributed by atoms with van der Waals surface area (Å²) in [6.45, 7) is 5.42. The maximum absolute atomic E-state index is 14.0. The van der Waals surface area contributed by atoms with Gasteiger partial charge in [-0.1, -0.05) is 24.3 Å². The summed E-state index contributed by atoms with van der Waals surface area (Å²) in [5.74, 6) is -2.18. The third-order valence-electron chi connectivity index (χ3n) is 8.06. The van der Waals surface area contributed by atoms with Gasteiger partial charge >= 0.3 is 18.1 Å². The van der Waals surface area contributed by atoms with Gasteiger partial charge in [0.25, 0.3) is 0 Å². The number of halogens is 3. The first kappa shape index (κ1) is 27.8. The number of alkyl halides is 3. The number of hydrogen-bond donors (Lipinski definition) is 1. The van der Waals surface area contributed by atoms with Gasteiger partial charge in [0, 0.05) is 53.0 Å². The van der Waals surface area contributed by atoms with Gasteiger partial charge < -0.3 is 19.5 Å². The number of carboxylic acid groups (broad SMARTS) is 1. The summed E-state index contributed by atoms with van der Waals surface area (Å²) in [4.78, 5) is 36.4. The number of aryl methyl sites for hydroxylation is 2. The van der Waals surface area contributed by atoms with Gasteiger partial charge in [-0.2, -0.15) is 13.2 Å². The Morgan fingerprint density at radius 1 is 1.02 bits per heavy atom. The average molecular weight is 583 g/mol. The second-order valence-electron chi connectivity index (χ2n) is 10.8. The van der Waals surface area contributed by atoms with Crippen LogP contribution in [0.2, 0.25) is 0 Å². The van der Waals surface area contributed by atoms with Gasteiger partial charge in [-0.05, 0) is 32.8 Å². The number of fused-ring (bicyclic) bond motifs is 2. The average Bonchev–Trinajstić information content (AvgIpc) is 3.69. The summed E-state index contributed by atoms with van der Waals surface area (Å²) in [6.07, 6.45) is -3.17. The van der Waals surface area contributed by atoms with E-state index in [0.717, 1.165) is 42.9 Å². The third-order valence-corrected chi connectivity index (χ3v) is 8.06. The van der Waals surface area contributed by atoms with Gasteiger partial charge in [0.2, 0.25) is 5.95 Å². The van der Waals surface area contributed by atoms with E-state index in [2.05, 4.69) is 4.90 Å². The van der Waals surface area contributed by atoms with Crippen LogP contribution in [-0.2, 0) is 9.59 Å². The Hall–Kier alpha value is -4.35. The lowest BCUT2D eigenvalue weighted by Gasteiger charge is -2.29. The molecule has 1 N–H and O–H groups in total. The molecule has 3 aliphatic rings. The van der Waals surface area contributed by atoms with Gasteiger partial charge in [0.15, 0.2) is 0 Å². The minimum Gasteiger partial charge on any atom is -0.493 e. The largest absolute Gasteiger partial charge is 0.493 e. The fraction of sp³-hybridized carbons (Fsp3) is 0.400. The Labute approximate surface area is 239 Å². The zero-order chi connectivity index (χ0) is 29.8. The lowest BCUT2D eigenvalue weighted by molar-refractivity contribution is -0.171. The number of ether oxygens (including phenoxy) is 2. The number of hydrogen-bond acceptors (Lipinski definition) is 7. The number of aliphatic carboxylic acids is 1. The fourth-order valence-corrected chi connectivity index (χ4v) is 6.16. The van der Waals surface area contributed by atoms with Crippen molar-refractivity contribution < 1.29 is 37.3 Å². The molecule has 4 heterocycles. The molecule has 12 heteroatoms. The molecule has 2 atom stereocenters. The molecule has 0 unspecified atom stereocenters. The van der Waals surface area contributed by atoms with Crippen molar-refractivity contribution in [1.82, 2.24) is 9.97 Å². The van der Waals surface area contributed by atoms with Crippen molar-refractivity contribution >= 4 is 23.5 Å². The molecule has 42 heavy (non-hydrogen) atoms. The lowest BCUT2D eigenvalue weighted by Crippen LogP contribution is -2.44. The molecule has 1 fully saturated rings. The van der Waals surface area contributed by atoms with Crippen LogP contribution in [0.5, 0.6) is 11.5 Å². The van der Waals surface area contributed by atoms with Crippen molar-refractivity contribution in [2.75, 3.05) is 36.1 Å². The predicted molar refractivity (Wildman–Crippen MR) is 147 cm³/mol. The van der Waals surface area contributed by atoms with Crippen molar-refractivity contribution in [3.8, 4) is 22.6 Å². The zero-order valence-corrected chi connectivity index (χ0v) is 23.1. The molecule has 0 aliphatic carbocycles. The highest BCUT2D eigenvalue weighted by molar-refractivity contribution is 5.99. The first-order valence-corrected chi connectivity index (χ1v) is 13.8. The van der Waals surface area contributed by atoms with E-state index in [1.54, 1.807) is 12.1 Å². The van der Waals surface area contributed by atoms with E-state index in [0.29, 0.717) is 33.3 Å². The monoisotopic (exact) mass is 582 g/mol. The summed E-state index contributed by atoms with van der Waals surface area (Å²) in [5.41, 5.74) is 3.81. The molecule has 0 bridgehead atoms. The van der Waals surface area contributed by atoms with Crippen LogP contribution in [0.1, 0.15) is 53.7 Å². The Morgan fingerprint density at radius 3 is 2.40 bits per heavy atom. The Morgan fingerprint density at radius 2 is 1.74 bits per heavy atom. The van der Waals surface area contributed by atoms with Crippen molar-refractivity contribution in [1.29, 1.82) is 0 Å². The molecule has 1 aromatic heterocycles. The van der Waals surface area contributed by atoms with Gasteiger partial charge in [0.1, 0.15) is 18.1 Å². The molecule has 6 rings (SSSR count). The Kier molecular flexibility index (Phi) is 6.94. The number of aromatic nitrogens is 2. The second-order valence-corrected chi connectivity index (χ2v) is 10.8. The molecule has 3 aliphatic heterocycles. The molecule has 220 valence electrons. The minimum atomic E-state index is -5.15. The number of rotatable bonds is 6. The molecule has 1 amide bonds. The first-order chi connectivity index (χ1) is 20.0.